The van der Waals surface area contributed by atoms with Crippen molar-refractivity contribution in [2.24, 2.45) is 10.1 Å². The van der Waals surface area contributed by atoms with Gasteiger partial charge >= 0.3 is 0 Å². The topological polar surface area (TPSA) is 48.2 Å². The Hall–Kier alpha value is -1.06. The largest absolute Gasteiger partial charge is 0.411 e. The van der Waals surface area contributed by atoms with Gasteiger partial charge < -0.3 is 10.1 Å². The van der Waals surface area contributed by atoms with Crippen LogP contribution in [0.5, 0.6) is 0 Å². The molecule has 1 N–H and O–H groups in total. The molecule has 0 saturated heterocycles. The summed E-state index contributed by atoms with van der Waals surface area (Å²) in [5.41, 5.74) is 0. The van der Waals surface area contributed by atoms with Crippen molar-refractivity contribution in [3.63, 3.8) is 0 Å². The van der Waals surface area contributed by atoms with Gasteiger partial charge in [-0.3, -0.25) is 4.99 Å². The third-order valence-electron chi connectivity index (χ3n) is 2.02. The van der Waals surface area contributed by atoms with Crippen LogP contribution < -0.4 is 0 Å². The van der Waals surface area contributed by atoms with E-state index in [9.17, 15) is 0 Å². The van der Waals surface area contributed by atoms with E-state index in [2.05, 4.69) is 10.1 Å². The monoisotopic (exact) mass is 169 g/mol. The molecule has 0 bridgehead atoms. The average molecular weight is 169 g/mol. The minimum atomic E-state index is 0.445. The van der Waals surface area contributed by atoms with E-state index in [1.807, 2.05) is 19.0 Å². The molecular weight excluding hydrogens is 154 g/mol. The van der Waals surface area contributed by atoms with Gasteiger partial charge in [-0.1, -0.05) is 5.16 Å². The molecule has 12 heavy (non-hydrogen) atoms. The maximum absolute atomic E-state index is 8.35. The third kappa shape index (κ3) is 2.22. The van der Waals surface area contributed by atoms with Crippen molar-refractivity contribution >= 4 is 12.1 Å². The molecule has 4 heteroatoms. The molecule has 0 amide bonds. The Morgan fingerprint density at radius 3 is 2.50 bits per heavy atom. The van der Waals surface area contributed by atoms with Gasteiger partial charge in [-0.05, 0) is 19.3 Å². The predicted octanol–water partition coefficient (Wildman–Crippen LogP) is 0.959. The lowest BCUT2D eigenvalue weighted by molar-refractivity contribution is 0.322. The van der Waals surface area contributed by atoms with Crippen LogP contribution in [0.2, 0.25) is 0 Å². The van der Waals surface area contributed by atoms with Crippen LogP contribution in [0.4, 0.5) is 0 Å². The number of amidine groups is 1. The first kappa shape index (κ1) is 9.03. The van der Waals surface area contributed by atoms with Gasteiger partial charge in [0.05, 0.1) is 6.04 Å². The summed E-state index contributed by atoms with van der Waals surface area (Å²) in [5.74, 6) is 0.738. The summed E-state index contributed by atoms with van der Waals surface area (Å²) < 4.78 is 0. The normalized spacial score (nSPS) is 19.7. The van der Waals surface area contributed by atoms with Crippen molar-refractivity contribution < 1.29 is 5.21 Å². The van der Waals surface area contributed by atoms with Gasteiger partial charge in [0.1, 0.15) is 12.1 Å². The summed E-state index contributed by atoms with van der Waals surface area (Å²) in [6.45, 7) is 0. The van der Waals surface area contributed by atoms with Crippen LogP contribution in [0, 0.1) is 0 Å². The molecule has 4 nitrogen and oxygen atoms in total. The lowest BCUT2D eigenvalue weighted by Gasteiger charge is -2.23. The second kappa shape index (κ2) is 4.09. The molecule has 0 heterocycles. The highest BCUT2D eigenvalue weighted by atomic mass is 16.4. The van der Waals surface area contributed by atoms with Gasteiger partial charge in [0.15, 0.2) is 0 Å². The second-order valence-corrected chi connectivity index (χ2v) is 3.21. The Morgan fingerprint density at radius 2 is 2.17 bits per heavy atom. The van der Waals surface area contributed by atoms with Crippen molar-refractivity contribution in [3.05, 3.63) is 0 Å². The lowest BCUT2D eigenvalue weighted by atomic mass is 9.94. The second-order valence-electron chi connectivity index (χ2n) is 3.21. The maximum atomic E-state index is 8.35. The van der Waals surface area contributed by atoms with Gasteiger partial charge in [-0.25, -0.2) is 0 Å². The number of hydrogen-bond donors (Lipinski definition) is 1. The van der Waals surface area contributed by atoms with E-state index in [1.54, 1.807) is 0 Å². The van der Waals surface area contributed by atoms with E-state index < -0.39 is 0 Å². The van der Waals surface area contributed by atoms with Crippen LogP contribution in [0.3, 0.4) is 0 Å². The summed E-state index contributed by atoms with van der Waals surface area (Å²) in [6, 6.07) is 0.445. The molecule has 0 radical (unpaired) electrons. The molecule has 0 aliphatic heterocycles. The Morgan fingerprint density at radius 1 is 1.50 bits per heavy atom. The molecule has 0 unspecified atom stereocenters. The fraction of sp³-hybridized carbons (Fsp3) is 0.750. The zero-order valence-electron chi connectivity index (χ0n) is 7.56. The molecule has 1 fully saturated rings. The number of nitrogens with zero attached hydrogens (tertiary/aromatic N) is 3. The van der Waals surface area contributed by atoms with Crippen molar-refractivity contribution in [1.29, 1.82) is 0 Å². The van der Waals surface area contributed by atoms with E-state index in [4.69, 9.17) is 5.21 Å². The van der Waals surface area contributed by atoms with E-state index in [1.165, 1.54) is 12.6 Å². The lowest BCUT2D eigenvalue weighted by Crippen LogP contribution is -2.27. The van der Waals surface area contributed by atoms with Crippen LogP contribution >= 0.6 is 0 Å². The summed E-state index contributed by atoms with van der Waals surface area (Å²) in [5, 5.41) is 11.3. The standard InChI is InChI=1S/C8H15N3O/c1-11(2)8(6-9-12)10-7-4-3-5-7/h6-7,12H,3-5H2,1-2H3/b9-6+,10-8?. The molecule has 1 aliphatic carbocycles. The summed E-state index contributed by atoms with van der Waals surface area (Å²) >= 11 is 0. The number of aliphatic imine (C=N–C) groups is 1. The molecule has 1 aliphatic rings. The first-order valence-electron chi connectivity index (χ1n) is 4.16. The SMILES string of the molecule is CN(C)C(/C=N/O)=NC1CCC1. The van der Waals surface area contributed by atoms with Crippen molar-refractivity contribution in [1.82, 2.24) is 4.90 Å². The van der Waals surface area contributed by atoms with Crippen molar-refractivity contribution in [3.8, 4) is 0 Å². The average Bonchev–Trinajstić information content (AvgIpc) is 1.93. The zero-order valence-corrected chi connectivity index (χ0v) is 7.56. The number of hydrogen-bond acceptors (Lipinski definition) is 3. The van der Waals surface area contributed by atoms with Crippen molar-refractivity contribution in [2.45, 2.75) is 25.3 Å². The van der Waals surface area contributed by atoms with Crippen molar-refractivity contribution in [2.75, 3.05) is 14.1 Å². The molecule has 0 aromatic carbocycles. The minimum absolute atomic E-state index is 0.445. The number of oxime groups is 1. The van der Waals surface area contributed by atoms with Crippen LogP contribution in [0.15, 0.2) is 10.1 Å². The molecule has 1 rings (SSSR count). The molecule has 0 atom stereocenters. The van der Waals surface area contributed by atoms with E-state index in [-0.39, 0.29) is 0 Å². The zero-order chi connectivity index (χ0) is 8.97. The molecule has 68 valence electrons. The predicted molar refractivity (Wildman–Crippen MR) is 49.0 cm³/mol. The summed E-state index contributed by atoms with van der Waals surface area (Å²) in [4.78, 5) is 6.25. The van der Waals surface area contributed by atoms with Gasteiger partial charge in [0.2, 0.25) is 0 Å². The highest BCUT2D eigenvalue weighted by Gasteiger charge is 2.16. The van der Waals surface area contributed by atoms with E-state index in [0.29, 0.717) is 6.04 Å². The minimum Gasteiger partial charge on any atom is -0.411 e. The quantitative estimate of drug-likeness (QED) is 0.290. The highest BCUT2D eigenvalue weighted by molar-refractivity contribution is 6.29. The van der Waals surface area contributed by atoms with Crippen LogP contribution in [-0.4, -0.2) is 42.3 Å². The molecule has 0 aromatic heterocycles. The Kier molecular flexibility index (Phi) is 3.08. The first-order chi connectivity index (χ1) is 5.74. The van der Waals surface area contributed by atoms with Gasteiger partial charge in [-0.2, -0.15) is 0 Å². The van der Waals surface area contributed by atoms with Gasteiger partial charge in [-0.15, -0.1) is 0 Å². The maximum Gasteiger partial charge on any atom is 0.145 e. The smallest absolute Gasteiger partial charge is 0.145 e. The van der Waals surface area contributed by atoms with Gasteiger partial charge in [0, 0.05) is 14.1 Å². The van der Waals surface area contributed by atoms with Crippen LogP contribution in [-0.2, 0) is 0 Å². The van der Waals surface area contributed by atoms with Gasteiger partial charge in [0.25, 0.3) is 0 Å². The fourth-order valence-electron chi connectivity index (χ4n) is 1.02. The summed E-state index contributed by atoms with van der Waals surface area (Å²) in [7, 11) is 3.78. The number of rotatable bonds is 2. The highest BCUT2D eigenvalue weighted by Crippen LogP contribution is 2.21. The molecule has 0 spiro atoms. The fourth-order valence-corrected chi connectivity index (χ4v) is 1.02. The van der Waals surface area contributed by atoms with Crippen LogP contribution in [0.1, 0.15) is 19.3 Å². The van der Waals surface area contributed by atoms with E-state index in [0.717, 1.165) is 18.7 Å². The Labute approximate surface area is 72.6 Å². The van der Waals surface area contributed by atoms with E-state index >= 15 is 0 Å². The molecule has 1 saturated carbocycles. The Bertz CT molecular complexity index is 194. The molecule has 0 aromatic rings. The molecular formula is C8H15N3O. The van der Waals surface area contributed by atoms with Crippen LogP contribution in [0.25, 0.3) is 0 Å². The third-order valence-corrected chi connectivity index (χ3v) is 2.02. The first-order valence-corrected chi connectivity index (χ1v) is 4.16. The summed E-state index contributed by atoms with van der Waals surface area (Å²) in [6.07, 6.45) is 4.97. The Balaban J connectivity index is 2.56.